The second-order valence-corrected chi connectivity index (χ2v) is 5.73. The van der Waals surface area contributed by atoms with Gasteiger partial charge in [-0.2, -0.15) is 0 Å². The minimum absolute atomic E-state index is 0.00871. The Labute approximate surface area is 134 Å². The van der Waals surface area contributed by atoms with Gasteiger partial charge in [-0.1, -0.05) is 13.8 Å². The summed E-state index contributed by atoms with van der Waals surface area (Å²) in [7, 11) is 1.63. The van der Waals surface area contributed by atoms with Crippen molar-refractivity contribution in [2.75, 3.05) is 13.1 Å². The lowest BCUT2D eigenvalue weighted by molar-refractivity contribution is 0.0755. The van der Waals surface area contributed by atoms with Crippen LogP contribution in [0.15, 0.2) is 23.0 Å². The molecule has 0 aliphatic heterocycles. The Kier molecular flexibility index (Phi) is 5.13. The van der Waals surface area contributed by atoms with Crippen molar-refractivity contribution in [3.63, 3.8) is 0 Å². The van der Waals surface area contributed by atoms with Crippen molar-refractivity contribution < 1.29 is 4.79 Å². The number of hydrogen-bond acceptors (Lipinski definition) is 3. The zero-order chi connectivity index (χ0) is 16.3. The first-order chi connectivity index (χ1) is 10.5. The van der Waals surface area contributed by atoms with E-state index in [0.29, 0.717) is 21.2 Å². The number of fused-ring (bicyclic) bond motifs is 1. The fourth-order valence-electron chi connectivity index (χ4n) is 2.48. The number of carbonyl (C=O) groups is 1. The van der Waals surface area contributed by atoms with Gasteiger partial charge in [-0.25, -0.2) is 0 Å². The van der Waals surface area contributed by atoms with Crippen LogP contribution in [-0.4, -0.2) is 33.4 Å². The van der Waals surface area contributed by atoms with Crippen LogP contribution in [0.1, 0.15) is 37.0 Å². The summed E-state index contributed by atoms with van der Waals surface area (Å²) in [6.45, 7) is 5.57. The highest BCUT2D eigenvalue weighted by Crippen LogP contribution is 2.13. The van der Waals surface area contributed by atoms with Crippen molar-refractivity contribution in [3.8, 4) is 0 Å². The van der Waals surface area contributed by atoms with Crippen LogP contribution in [0, 0.1) is 4.77 Å². The molecular weight excluding hydrogens is 298 g/mol. The molecule has 5 nitrogen and oxygen atoms in total. The van der Waals surface area contributed by atoms with Crippen molar-refractivity contribution in [2.24, 2.45) is 7.05 Å². The monoisotopic (exact) mass is 319 g/mol. The first kappa shape index (κ1) is 16.4. The van der Waals surface area contributed by atoms with Gasteiger partial charge in [0.05, 0.1) is 10.9 Å². The minimum atomic E-state index is -0.156. The quantitative estimate of drug-likeness (QED) is 0.862. The van der Waals surface area contributed by atoms with Gasteiger partial charge in [0.15, 0.2) is 4.77 Å². The number of H-pyrrole nitrogens is 1. The standard InChI is InChI=1S/C16H21N3O2S/c1-4-8-19(9-5-2)14(20)11-6-7-12-13(10-11)17-16(22)18(3)15(12)21/h6-7,10H,4-5,8-9H2,1-3H3,(H,17,22). The molecule has 2 rings (SSSR count). The Balaban J connectivity index is 2.49. The Morgan fingerprint density at radius 1 is 1.27 bits per heavy atom. The Morgan fingerprint density at radius 2 is 1.91 bits per heavy atom. The number of amides is 1. The second-order valence-electron chi connectivity index (χ2n) is 5.35. The molecule has 0 radical (unpaired) electrons. The van der Waals surface area contributed by atoms with E-state index in [4.69, 9.17) is 12.2 Å². The summed E-state index contributed by atoms with van der Waals surface area (Å²) in [5, 5.41) is 0.533. The normalized spacial score (nSPS) is 10.9. The molecule has 0 bridgehead atoms. The molecule has 1 heterocycles. The molecule has 118 valence electrons. The maximum atomic E-state index is 12.6. The highest BCUT2D eigenvalue weighted by Gasteiger charge is 2.15. The van der Waals surface area contributed by atoms with E-state index in [2.05, 4.69) is 18.8 Å². The van der Waals surface area contributed by atoms with Crippen molar-refractivity contribution in [3.05, 3.63) is 38.9 Å². The van der Waals surface area contributed by atoms with Gasteiger partial charge < -0.3 is 9.88 Å². The molecule has 1 aromatic heterocycles. The third kappa shape index (κ3) is 3.11. The van der Waals surface area contributed by atoms with E-state index in [1.54, 1.807) is 25.2 Å². The topological polar surface area (TPSA) is 58.1 Å². The summed E-state index contributed by atoms with van der Waals surface area (Å²) < 4.78 is 1.74. The van der Waals surface area contributed by atoms with E-state index in [0.717, 1.165) is 25.9 Å². The summed E-state index contributed by atoms with van der Waals surface area (Å²) in [6, 6.07) is 5.11. The van der Waals surface area contributed by atoms with Crippen LogP contribution in [0.5, 0.6) is 0 Å². The summed E-state index contributed by atoms with van der Waals surface area (Å²) in [4.78, 5) is 29.6. The van der Waals surface area contributed by atoms with Gasteiger partial charge in [0.2, 0.25) is 0 Å². The Morgan fingerprint density at radius 3 is 2.50 bits per heavy atom. The van der Waals surface area contributed by atoms with Crippen LogP contribution >= 0.6 is 12.2 Å². The second kappa shape index (κ2) is 6.87. The lowest BCUT2D eigenvalue weighted by Crippen LogP contribution is -2.32. The fourth-order valence-corrected chi connectivity index (χ4v) is 2.67. The maximum absolute atomic E-state index is 12.6. The van der Waals surface area contributed by atoms with Crippen LogP contribution in [0.25, 0.3) is 10.9 Å². The minimum Gasteiger partial charge on any atom is -0.339 e. The number of nitrogens with zero attached hydrogens (tertiary/aromatic N) is 2. The van der Waals surface area contributed by atoms with Crippen LogP contribution in [0.3, 0.4) is 0 Å². The zero-order valence-electron chi connectivity index (χ0n) is 13.2. The fraction of sp³-hybridized carbons (Fsp3) is 0.438. The molecule has 0 spiro atoms. The van der Waals surface area contributed by atoms with Crippen molar-refractivity contribution in [2.45, 2.75) is 26.7 Å². The molecule has 0 saturated heterocycles. The average Bonchev–Trinajstić information content (AvgIpc) is 2.51. The van der Waals surface area contributed by atoms with Crippen molar-refractivity contribution in [1.29, 1.82) is 0 Å². The highest BCUT2D eigenvalue weighted by molar-refractivity contribution is 7.71. The lowest BCUT2D eigenvalue weighted by atomic mass is 10.1. The van der Waals surface area contributed by atoms with E-state index in [-0.39, 0.29) is 11.5 Å². The number of aromatic nitrogens is 2. The molecule has 0 fully saturated rings. The van der Waals surface area contributed by atoms with Crippen LogP contribution < -0.4 is 5.56 Å². The van der Waals surface area contributed by atoms with E-state index in [9.17, 15) is 9.59 Å². The van der Waals surface area contributed by atoms with Crippen LogP contribution in [0.4, 0.5) is 0 Å². The first-order valence-corrected chi connectivity index (χ1v) is 7.92. The summed E-state index contributed by atoms with van der Waals surface area (Å²) in [5.74, 6) is -0.00871. The number of benzene rings is 1. The molecule has 6 heteroatoms. The predicted octanol–water partition coefficient (Wildman–Crippen LogP) is 2.86. The van der Waals surface area contributed by atoms with Crippen molar-refractivity contribution >= 4 is 29.0 Å². The van der Waals surface area contributed by atoms with Gasteiger partial charge in [-0.15, -0.1) is 0 Å². The van der Waals surface area contributed by atoms with E-state index in [1.165, 1.54) is 4.57 Å². The number of carbonyl (C=O) groups excluding carboxylic acids is 1. The molecule has 0 aliphatic carbocycles. The molecule has 2 aromatic rings. The number of hydrogen-bond donors (Lipinski definition) is 1. The van der Waals surface area contributed by atoms with Gasteiger partial charge in [-0.3, -0.25) is 14.2 Å². The van der Waals surface area contributed by atoms with Gasteiger partial charge in [-0.05, 0) is 43.3 Å². The molecule has 0 saturated carbocycles. The molecule has 22 heavy (non-hydrogen) atoms. The third-order valence-electron chi connectivity index (χ3n) is 3.62. The zero-order valence-corrected chi connectivity index (χ0v) is 14.0. The van der Waals surface area contributed by atoms with Crippen LogP contribution in [0.2, 0.25) is 0 Å². The van der Waals surface area contributed by atoms with Gasteiger partial charge in [0.25, 0.3) is 11.5 Å². The Bertz CT molecular complexity index is 801. The number of nitrogens with one attached hydrogen (secondary N) is 1. The van der Waals surface area contributed by atoms with Crippen LogP contribution in [-0.2, 0) is 7.05 Å². The predicted molar refractivity (Wildman–Crippen MR) is 90.9 cm³/mol. The molecule has 0 atom stereocenters. The Hall–Kier alpha value is -1.95. The average molecular weight is 319 g/mol. The molecule has 1 amide bonds. The number of rotatable bonds is 5. The van der Waals surface area contributed by atoms with E-state index < -0.39 is 0 Å². The summed E-state index contributed by atoms with van der Waals surface area (Å²) in [5.41, 5.74) is 1.02. The largest absolute Gasteiger partial charge is 0.339 e. The third-order valence-corrected chi connectivity index (χ3v) is 4.00. The summed E-state index contributed by atoms with van der Waals surface area (Å²) >= 11 is 5.12. The molecule has 1 N–H and O–H groups in total. The van der Waals surface area contributed by atoms with Crippen molar-refractivity contribution in [1.82, 2.24) is 14.5 Å². The smallest absolute Gasteiger partial charge is 0.261 e. The first-order valence-electron chi connectivity index (χ1n) is 7.52. The highest BCUT2D eigenvalue weighted by atomic mass is 32.1. The SMILES string of the molecule is CCCN(CCC)C(=O)c1ccc2c(=O)n(C)c(=S)[nH]c2c1. The van der Waals surface area contributed by atoms with E-state index >= 15 is 0 Å². The van der Waals surface area contributed by atoms with Gasteiger partial charge in [0.1, 0.15) is 0 Å². The van der Waals surface area contributed by atoms with Gasteiger partial charge >= 0.3 is 0 Å². The molecule has 0 unspecified atom stereocenters. The van der Waals surface area contributed by atoms with Gasteiger partial charge in [0, 0.05) is 25.7 Å². The van der Waals surface area contributed by atoms with E-state index in [1.807, 2.05) is 4.90 Å². The molecule has 0 aliphatic rings. The molecule has 1 aromatic carbocycles. The molecular formula is C16H21N3O2S. The number of aromatic amines is 1. The maximum Gasteiger partial charge on any atom is 0.261 e. The summed E-state index contributed by atoms with van der Waals surface area (Å²) in [6.07, 6.45) is 1.84. The lowest BCUT2D eigenvalue weighted by Gasteiger charge is -2.21.